The Kier molecular flexibility index (Phi) is 56.6. The number of unbranched alkanes of at least 4 members (excludes halogenated alkanes) is 51. The normalized spacial score (nSPS) is 26.6. The molecule has 17 atom stereocenters. The summed E-state index contributed by atoms with van der Waals surface area (Å²) in [5, 5.41) is 121. The van der Waals surface area contributed by atoms with Crippen molar-refractivity contribution in [2.45, 2.75) is 471 Å². The van der Waals surface area contributed by atoms with Crippen LogP contribution in [0.1, 0.15) is 367 Å². The van der Waals surface area contributed by atoms with E-state index in [0.29, 0.717) is 12.8 Å². The minimum Gasteiger partial charge on any atom is -0.394 e. The molecule has 3 fully saturated rings. The van der Waals surface area contributed by atoms with Crippen LogP contribution in [0.25, 0.3) is 0 Å². The first-order valence-electron chi connectivity index (χ1n) is 41.3. The van der Waals surface area contributed by atoms with Gasteiger partial charge in [-0.15, -0.1) is 0 Å². The Morgan fingerprint density at radius 2 is 0.582 bits per heavy atom. The van der Waals surface area contributed by atoms with E-state index in [2.05, 4.69) is 19.2 Å². The predicted molar refractivity (Wildman–Crippen MR) is 388 cm³/mol. The van der Waals surface area contributed by atoms with Crippen molar-refractivity contribution in [3.05, 3.63) is 0 Å². The largest absolute Gasteiger partial charge is 0.394 e. The lowest BCUT2D eigenvalue weighted by atomic mass is 9.96. The fourth-order valence-corrected chi connectivity index (χ4v) is 14.6. The molecular formula is C79H153NO18. The van der Waals surface area contributed by atoms with Gasteiger partial charge in [0.05, 0.1) is 38.6 Å². The van der Waals surface area contributed by atoms with Crippen LogP contribution in [0, 0.1) is 0 Å². The first kappa shape index (κ1) is 91.0. The van der Waals surface area contributed by atoms with Crippen LogP contribution in [0.5, 0.6) is 0 Å². The molecule has 3 aliphatic rings. The van der Waals surface area contributed by atoms with Crippen LogP contribution in [0.4, 0.5) is 0 Å². The van der Waals surface area contributed by atoms with E-state index < -0.39 is 124 Å². The van der Waals surface area contributed by atoms with E-state index in [1.165, 1.54) is 289 Å². The molecule has 0 spiro atoms. The van der Waals surface area contributed by atoms with Crippen LogP contribution in [0.2, 0.25) is 0 Å². The van der Waals surface area contributed by atoms with Crippen molar-refractivity contribution >= 4 is 5.91 Å². The van der Waals surface area contributed by atoms with Crippen molar-refractivity contribution in [2.75, 3.05) is 26.4 Å². The van der Waals surface area contributed by atoms with Gasteiger partial charge in [0.1, 0.15) is 73.2 Å². The van der Waals surface area contributed by atoms with Gasteiger partial charge in [-0.1, -0.05) is 348 Å². The number of carbonyl (C=O) groups excluding carboxylic acids is 1. The number of nitrogens with one attached hydrogen (secondary N) is 1. The van der Waals surface area contributed by atoms with Crippen LogP contribution in [-0.4, -0.2) is 193 Å². The topological polar surface area (TPSA) is 307 Å². The van der Waals surface area contributed by atoms with Gasteiger partial charge in [-0.2, -0.15) is 0 Å². The first-order chi connectivity index (χ1) is 47.8. The summed E-state index contributed by atoms with van der Waals surface area (Å²) in [6.45, 7) is 1.88. The van der Waals surface area contributed by atoms with Crippen molar-refractivity contribution in [3.8, 4) is 0 Å². The summed E-state index contributed by atoms with van der Waals surface area (Å²) >= 11 is 0. The smallest absolute Gasteiger partial charge is 0.220 e. The highest BCUT2D eigenvalue weighted by Gasteiger charge is 2.54. The molecule has 12 N–H and O–H groups in total. The van der Waals surface area contributed by atoms with Crippen molar-refractivity contribution in [2.24, 2.45) is 0 Å². The van der Waals surface area contributed by atoms with Gasteiger partial charge in [-0.05, 0) is 12.8 Å². The molecule has 3 rings (SSSR count). The molecule has 3 saturated heterocycles. The van der Waals surface area contributed by atoms with Crippen LogP contribution >= 0.6 is 0 Å². The zero-order chi connectivity index (χ0) is 71.1. The second-order valence-electron chi connectivity index (χ2n) is 30.0. The molecule has 0 aromatic heterocycles. The molecule has 0 aliphatic carbocycles. The molecule has 98 heavy (non-hydrogen) atoms. The molecule has 17 unspecified atom stereocenters. The average Bonchev–Trinajstić information content (AvgIpc) is 0.784. The predicted octanol–water partition coefficient (Wildman–Crippen LogP) is 13.8. The maximum atomic E-state index is 13.5. The third-order valence-corrected chi connectivity index (χ3v) is 21.2. The van der Waals surface area contributed by atoms with Gasteiger partial charge < -0.3 is 89.9 Å². The van der Waals surface area contributed by atoms with Crippen LogP contribution in [0.3, 0.4) is 0 Å². The molecule has 0 bridgehead atoms. The summed E-state index contributed by atoms with van der Waals surface area (Å²) in [5.74, 6) is -0.232. The number of amides is 1. The van der Waals surface area contributed by atoms with Gasteiger partial charge in [-0.25, -0.2) is 0 Å². The number of hydrogen-bond donors (Lipinski definition) is 12. The summed E-state index contributed by atoms with van der Waals surface area (Å²) < 4.78 is 34.6. The molecule has 0 aromatic rings. The van der Waals surface area contributed by atoms with Gasteiger partial charge in [-0.3, -0.25) is 4.79 Å². The van der Waals surface area contributed by atoms with E-state index in [4.69, 9.17) is 28.4 Å². The lowest BCUT2D eigenvalue weighted by Crippen LogP contribution is -2.66. The Hall–Kier alpha value is -1.21. The Balaban J connectivity index is 1.36. The van der Waals surface area contributed by atoms with Gasteiger partial charge in [0.2, 0.25) is 5.91 Å². The van der Waals surface area contributed by atoms with Gasteiger partial charge in [0.15, 0.2) is 18.9 Å². The number of ether oxygens (including phenoxy) is 6. The highest BCUT2D eigenvalue weighted by molar-refractivity contribution is 5.76. The van der Waals surface area contributed by atoms with Gasteiger partial charge >= 0.3 is 0 Å². The van der Waals surface area contributed by atoms with Crippen molar-refractivity contribution in [1.82, 2.24) is 5.32 Å². The van der Waals surface area contributed by atoms with Crippen molar-refractivity contribution in [3.63, 3.8) is 0 Å². The molecule has 1 amide bonds. The average molecular weight is 1410 g/mol. The van der Waals surface area contributed by atoms with Crippen LogP contribution in [-0.2, 0) is 33.2 Å². The third kappa shape index (κ3) is 40.9. The molecule has 3 aliphatic heterocycles. The Labute approximate surface area is 595 Å². The summed E-state index contributed by atoms with van der Waals surface area (Å²) in [6.07, 6.45) is 43.4. The van der Waals surface area contributed by atoms with Crippen LogP contribution in [0.15, 0.2) is 0 Å². The highest BCUT2D eigenvalue weighted by Crippen LogP contribution is 2.33. The zero-order valence-corrected chi connectivity index (χ0v) is 62.3. The minimum atomic E-state index is -1.97. The molecule has 0 saturated carbocycles. The summed E-state index contributed by atoms with van der Waals surface area (Å²) in [6, 6.07) is -0.883. The van der Waals surface area contributed by atoms with Crippen molar-refractivity contribution < 1.29 is 89.4 Å². The Bertz CT molecular complexity index is 1770. The van der Waals surface area contributed by atoms with E-state index >= 15 is 0 Å². The number of aliphatic hydroxyl groups is 11. The Morgan fingerprint density at radius 1 is 0.327 bits per heavy atom. The fourth-order valence-electron chi connectivity index (χ4n) is 14.6. The number of aliphatic hydroxyl groups excluding tert-OH is 11. The van der Waals surface area contributed by atoms with E-state index in [-0.39, 0.29) is 18.9 Å². The van der Waals surface area contributed by atoms with Gasteiger partial charge in [0, 0.05) is 6.42 Å². The number of hydrogen-bond acceptors (Lipinski definition) is 18. The van der Waals surface area contributed by atoms with E-state index in [1.54, 1.807) is 0 Å². The van der Waals surface area contributed by atoms with E-state index in [9.17, 15) is 61.0 Å². The molecule has 0 radical (unpaired) electrons. The molecule has 582 valence electrons. The minimum absolute atomic E-state index is 0.232. The van der Waals surface area contributed by atoms with Crippen LogP contribution < -0.4 is 5.32 Å². The summed E-state index contributed by atoms with van der Waals surface area (Å²) in [4.78, 5) is 13.5. The quantitative estimate of drug-likeness (QED) is 0.0252. The second-order valence-corrected chi connectivity index (χ2v) is 30.0. The molecule has 3 heterocycles. The monoisotopic (exact) mass is 1400 g/mol. The molecule has 0 aromatic carbocycles. The Morgan fingerprint density at radius 3 is 0.888 bits per heavy atom. The lowest BCUT2D eigenvalue weighted by molar-refractivity contribution is -0.379. The lowest BCUT2D eigenvalue weighted by Gasteiger charge is -2.48. The molecule has 19 heteroatoms. The van der Waals surface area contributed by atoms with E-state index in [0.717, 1.165) is 44.9 Å². The number of carbonyl (C=O) groups is 1. The maximum Gasteiger partial charge on any atom is 0.220 e. The summed E-state index contributed by atoms with van der Waals surface area (Å²) in [5.41, 5.74) is 0. The second kappa shape index (κ2) is 61.0. The van der Waals surface area contributed by atoms with E-state index in [1.807, 2.05) is 0 Å². The maximum absolute atomic E-state index is 13.5. The molecule has 19 nitrogen and oxygen atoms in total. The highest BCUT2D eigenvalue weighted by atomic mass is 16.8. The fraction of sp³-hybridized carbons (Fsp3) is 0.987. The standard InChI is InChI=1S/C79H153NO18/c1-3-5-7-9-11-13-15-17-19-21-23-25-27-29-31-32-34-36-38-40-42-44-46-48-50-52-54-56-63(84)62(80-67(85)57-55-53-51-49-47-45-43-41-39-37-35-33-30-28-26-24-22-20-18-16-14-12-10-8-6-4-2)61-93-77-73(91)70(88)75(65(59-82)95-77)98-79-74(92)71(89)76(66(60-83)96-79)97-78-72(90)69(87)68(86)64(58-81)94-78/h62-66,68-79,81-84,86-92H,3-61H2,1-2H3,(H,80,85). The first-order valence-corrected chi connectivity index (χ1v) is 41.3. The van der Waals surface area contributed by atoms with Crippen molar-refractivity contribution in [1.29, 1.82) is 0 Å². The summed E-state index contributed by atoms with van der Waals surface area (Å²) in [7, 11) is 0. The zero-order valence-electron chi connectivity index (χ0n) is 62.3. The number of rotatable bonds is 67. The third-order valence-electron chi connectivity index (χ3n) is 21.2. The molecular weight excluding hydrogens is 1250 g/mol. The SMILES string of the molecule is CCCCCCCCCCCCCCCCCCCCCCCCCCCCCC(O)C(COC1OC(CO)C(OC2OC(CO)C(OC3OC(CO)C(O)C(O)C3O)C(O)C2O)C(O)C1O)NC(=O)CCCCCCCCCCCCCCCCCCCCCCCCCCCC. The van der Waals surface area contributed by atoms with Gasteiger partial charge in [0.25, 0.3) is 0 Å².